The van der Waals surface area contributed by atoms with Crippen LogP contribution in [-0.2, 0) is 0 Å². The van der Waals surface area contributed by atoms with Gasteiger partial charge in [0.05, 0.1) is 21.5 Å². The van der Waals surface area contributed by atoms with Crippen molar-refractivity contribution in [3.05, 3.63) is 163 Å². The van der Waals surface area contributed by atoms with Crippen LogP contribution in [0, 0.1) is 163 Å². The van der Waals surface area contributed by atoms with Gasteiger partial charge < -0.3 is 0 Å². The van der Waals surface area contributed by atoms with Crippen molar-refractivity contribution in [2.45, 2.75) is 11.6 Å². The van der Waals surface area contributed by atoms with Gasteiger partial charge in [0.15, 0.2) is 140 Å². The predicted molar refractivity (Wildman–Crippen MR) is 196 cm³/mol. The third-order valence-electron chi connectivity index (χ3n) is 11.2. The zero-order valence-corrected chi connectivity index (χ0v) is 34.9. The second kappa shape index (κ2) is 17.9. The Morgan fingerprint density at radius 2 is 0.264 bits per heavy atom. The average Bonchev–Trinajstić information content (AvgIpc) is 3.34. The molecule has 0 spiro atoms. The van der Waals surface area contributed by atoms with Crippen molar-refractivity contribution >= 4 is 86.3 Å². The van der Waals surface area contributed by atoms with Gasteiger partial charge in [-0.15, -0.1) is 21.9 Å². The first-order valence-corrected chi connectivity index (χ1v) is 20.9. The Morgan fingerprint density at radius 3 is 0.389 bits per heavy atom. The third kappa shape index (κ3) is 6.61. The molecule has 0 amide bonds. The first kappa shape index (κ1) is 53.2. The van der Waals surface area contributed by atoms with Crippen molar-refractivity contribution < 1.29 is 123 Å². The Hall–Kier alpha value is -6.56. The number of hydrogen-bond donors (Lipinski definition) is 0. The van der Waals surface area contributed by atoms with Gasteiger partial charge in [0.25, 0.3) is 0 Å². The van der Waals surface area contributed by atoms with Crippen LogP contribution in [0.2, 0.25) is 11.6 Å². The van der Waals surface area contributed by atoms with Gasteiger partial charge >= 0.3 is 26.8 Å². The molecule has 0 heterocycles. The molecule has 0 aliphatic rings. The normalized spacial score (nSPS) is 12.0. The van der Waals surface area contributed by atoms with Crippen molar-refractivity contribution in [1.82, 2.24) is 0 Å². The molecule has 0 aliphatic heterocycles. The Balaban J connectivity index is 0.00000247. The average molecular weight is 1080 g/mol. The molecule has 0 atom stereocenters. The molecule has 0 nitrogen and oxygen atoms in total. The van der Waals surface area contributed by atoms with E-state index in [0.29, 0.717) is 0 Å². The molecule has 0 fully saturated rings. The maximum atomic E-state index is 17.3. The fourth-order valence-electron chi connectivity index (χ4n) is 8.59. The number of halogens is 28. The van der Waals surface area contributed by atoms with Crippen LogP contribution < -0.4 is 21.9 Å². The summed E-state index contributed by atoms with van der Waals surface area (Å²) >= 11 is 0.750. The molecule has 30 heteroatoms. The summed E-state index contributed by atoms with van der Waals surface area (Å²) in [7, 11) is 0. The minimum atomic E-state index is -8.05. The molecular weight excluding hydrogens is 1070 g/mol. The summed E-state index contributed by atoms with van der Waals surface area (Å²) in [6, 6.07) is 0. The molecule has 72 heavy (non-hydrogen) atoms. The van der Waals surface area contributed by atoms with E-state index in [1.54, 1.807) is 0 Å². The fourth-order valence-corrected chi connectivity index (χ4v) is 8.59. The molecule has 8 rings (SSSR count). The van der Waals surface area contributed by atoms with Crippen molar-refractivity contribution in [3.8, 4) is 0 Å². The molecule has 0 radical (unpaired) electrons. The van der Waals surface area contributed by atoms with E-state index in [-0.39, 0.29) is 0 Å². The molecule has 0 unspecified atom stereocenters. The molecule has 0 saturated carbocycles. The predicted octanol–water partition coefficient (Wildman–Crippen LogP) is 12.4. The van der Waals surface area contributed by atoms with Crippen LogP contribution in [-0.4, -0.2) is 21.4 Å². The standard InChI is InChI=1S/C40BF28.2CH3.Al/c42-13-1-5(21(50)37(66)33(13)62)17(46)29(58)25(54)9(1)41(10-2-6(18(47)30(59)26(10)55)22(51)38(67)34(63)14(2)43,11-3-7(19(48)31(60)27(11)56)23(52)39(68)35(64)15(3)44)12-4-8(20(49)32(61)28(12)57)24(53)40(69)36(65)16(4)45;;;/h;2*1H3;/q-1;;;+1. The van der Waals surface area contributed by atoms with Crippen LogP contribution in [0.4, 0.5) is 123 Å². The quantitative estimate of drug-likeness (QED) is 0.0713. The van der Waals surface area contributed by atoms with Crippen LogP contribution in [0.25, 0.3) is 43.1 Å². The zero-order chi connectivity index (χ0) is 54.3. The number of hydrogen-bond acceptors (Lipinski definition) is 0. The van der Waals surface area contributed by atoms with Crippen LogP contribution >= 0.6 is 0 Å². The summed E-state index contributed by atoms with van der Waals surface area (Å²) in [6.07, 6.45) is -8.05. The minimum absolute atomic E-state index is 0.750. The van der Waals surface area contributed by atoms with Gasteiger partial charge in [0.2, 0.25) is 0 Å². The van der Waals surface area contributed by atoms with E-state index in [4.69, 9.17) is 0 Å². The first-order valence-electron chi connectivity index (χ1n) is 18.6. The van der Waals surface area contributed by atoms with E-state index >= 15 is 105 Å². The van der Waals surface area contributed by atoms with Crippen LogP contribution in [0.3, 0.4) is 0 Å². The van der Waals surface area contributed by atoms with Crippen LogP contribution in [0.1, 0.15) is 0 Å². The van der Waals surface area contributed by atoms with E-state index < -0.39 is 234 Å². The Bertz CT molecular complexity index is 3280. The van der Waals surface area contributed by atoms with E-state index in [2.05, 4.69) is 11.6 Å². The summed E-state index contributed by atoms with van der Waals surface area (Å²) < 4.78 is 446. The van der Waals surface area contributed by atoms with Crippen LogP contribution in [0.5, 0.6) is 0 Å². The van der Waals surface area contributed by atoms with Gasteiger partial charge in [-0.1, -0.05) is 0 Å². The van der Waals surface area contributed by atoms with Gasteiger partial charge in [0.1, 0.15) is 29.4 Å². The molecule has 0 saturated heterocycles. The molecule has 0 bridgehead atoms. The Labute approximate surface area is 383 Å². The maximum absolute atomic E-state index is 17.3. The molecule has 0 aromatic heterocycles. The molecule has 376 valence electrons. The number of fused-ring (bicyclic) bond motifs is 4. The van der Waals surface area contributed by atoms with Gasteiger partial charge in [-0.25, -0.2) is 123 Å². The van der Waals surface area contributed by atoms with E-state index in [0.717, 1.165) is 15.2 Å². The molecule has 8 aromatic rings. The molecule has 8 aromatic carbocycles. The van der Waals surface area contributed by atoms with Crippen LogP contribution in [0.15, 0.2) is 0 Å². The summed E-state index contributed by atoms with van der Waals surface area (Å²) in [5, 5.41) is -27.0. The van der Waals surface area contributed by atoms with Crippen molar-refractivity contribution in [2.75, 3.05) is 0 Å². The second-order valence-corrected chi connectivity index (χ2v) is 16.0. The third-order valence-corrected chi connectivity index (χ3v) is 11.2. The molecular formula is C42H6AlBF28. The topological polar surface area (TPSA) is 0 Å². The van der Waals surface area contributed by atoms with E-state index in [1.807, 2.05) is 0 Å². The number of rotatable bonds is 4. The SMILES string of the molecule is Fc1c(F)c(F)c2c([B-](c3c(F)c(F)c(F)c4c(F)c(F)c(F)c(F)c34)(c3c(F)c(F)c(F)c4c(F)c(F)c(F)c(F)c34)c3c(F)c(F)c(F)c4c(F)c(F)c(F)c(F)c34)c(F)c(F)c(F)c2c1F.[CH3][Al+][CH3]. The Kier molecular flexibility index (Phi) is 13.2. The molecule has 0 N–H and O–H groups in total. The van der Waals surface area contributed by atoms with Crippen molar-refractivity contribution in [3.63, 3.8) is 0 Å². The zero-order valence-electron chi connectivity index (χ0n) is 33.7. The summed E-state index contributed by atoms with van der Waals surface area (Å²) in [6.45, 7) is 0. The van der Waals surface area contributed by atoms with Gasteiger partial charge in [0, 0.05) is 0 Å². The second-order valence-electron chi connectivity index (χ2n) is 14.9. The van der Waals surface area contributed by atoms with Gasteiger partial charge in [-0.05, 0) is 21.5 Å². The number of benzene rings is 8. The van der Waals surface area contributed by atoms with E-state index in [9.17, 15) is 17.6 Å². The van der Waals surface area contributed by atoms with Crippen molar-refractivity contribution in [1.29, 1.82) is 0 Å². The monoisotopic (exact) mass is 1080 g/mol. The molecule has 0 aliphatic carbocycles. The summed E-state index contributed by atoms with van der Waals surface area (Å²) in [4.78, 5) is 0. The Morgan fingerprint density at radius 1 is 0.167 bits per heavy atom. The fraction of sp³-hybridized carbons (Fsp3) is 0.0476. The van der Waals surface area contributed by atoms with Crippen molar-refractivity contribution in [2.24, 2.45) is 0 Å². The van der Waals surface area contributed by atoms with E-state index in [1.165, 1.54) is 0 Å². The first-order chi connectivity index (χ1) is 33.4. The van der Waals surface area contributed by atoms with Gasteiger partial charge in [-0.2, -0.15) is 0 Å². The van der Waals surface area contributed by atoms with Gasteiger partial charge in [-0.3, -0.25) is 0 Å². The summed E-state index contributed by atoms with van der Waals surface area (Å²) in [5.41, 5.74) is -15.5. The summed E-state index contributed by atoms with van der Waals surface area (Å²) in [5.74, 6) is -99.8.